The number of sulfone groups is 1. The Labute approximate surface area is 156 Å². The van der Waals surface area contributed by atoms with E-state index in [-0.39, 0.29) is 11.5 Å². The summed E-state index contributed by atoms with van der Waals surface area (Å²) in [7, 11) is -3.32. The van der Waals surface area contributed by atoms with Crippen molar-refractivity contribution in [2.75, 3.05) is 18.2 Å². The van der Waals surface area contributed by atoms with Crippen molar-refractivity contribution < 1.29 is 22.7 Å². The number of anilines is 1. The van der Waals surface area contributed by atoms with E-state index in [0.29, 0.717) is 16.1 Å². The fourth-order valence-corrected chi connectivity index (χ4v) is 4.84. The Balaban J connectivity index is 1.87. The third-order valence-corrected chi connectivity index (χ3v) is 6.51. The first-order valence-electron chi connectivity index (χ1n) is 8.24. The number of carbonyl (C=O) groups excluding carboxylic acids is 2. The molecule has 6 nitrogen and oxygen atoms in total. The molecule has 0 unspecified atom stereocenters. The average molecular weight is 393 g/mol. The van der Waals surface area contributed by atoms with Gasteiger partial charge in [-0.3, -0.25) is 4.79 Å². The second kappa shape index (κ2) is 7.20. The molecular weight excluding hydrogens is 374 g/mol. The lowest BCUT2D eigenvalue weighted by atomic mass is 10.1. The van der Waals surface area contributed by atoms with Gasteiger partial charge in [0.05, 0.1) is 17.1 Å². The molecule has 0 saturated heterocycles. The standard InChI is InChI=1S/C18H19NO5S2/c1-3-24-18(21)15-13-5-4-6-14(13)25-17(15)19-16(20)11-7-9-12(10-8-11)26(2,22)23/h7-10H,3-6H2,1-2H3,(H,19,20). The first-order chi connectivity index (χ1) is 12.3. The highest BCUT2D eigenvalue weighted by Crippen LogP contribution is 2.39. The molecule has 0 atom stereocenters. The van der Waals surface area contributed by atoms with E-state index >= 15 is 0 Å². The van der Waals surface area contributed by atoms with E-state index in [2.05, 4.69) is 5.32 Å². The number of hydrogen-bond acceptors (Lipinski definition) is 6. The van der Waals surface area contributed by atoms with E-state index in [0.717, 1.165) is 36.0 Å². The summed E-state index contributed by atoms with van der Waals surface area (Å²) in [5.74, 6) is -0.815. The highest BCUT2D eigenvalue weighted by atomic mass is 32.2. The van der Waals surface area contributed by atoms with Gasteiger partial charge in [0.25, 0.3) is 5.91 Å². The number of thiophene rings is 1. The van der Waals surface area contributed by atoms with Crippen molar-refractivity contribution in [3.8, 4) is 0 Å². The molecule has 2 aromatic rings. The minimum absolute atomic E-state index is 0.149. The molecule has 1 N–H and O–H groups in total. The van der Waals surface area contributed by atoms with E-state index in [1.165, 1.54) is 35.6 Å². The van der Waals surface area contributed by atoms with Gasteiger partial charge >= 0.3 is 5.97 Å². The van der Waals surface area contributed by atoms with Crippen molar-refractivity contribution in [1.29, 1.82) is 0 Å². The van der Waals surface area contributed by atoms with E-state index in [9.17, 15) is 18.0 Å². The first kappa shape index (κ1) is 18.6. The first-order valence-corrected chi connectivity index (χ1v) is 10.9. The van der Waals surface area contributed by atoms with Crippen LogP contribution in [0.1, 0.15) is 44.5 Å². The minimum atomic E-state index is -3.32. The highest BCUT2D eigenvalue weighted by Gasteiger charge is 2.28. The Morgan fingerprint density at radius 3 is 2.50 bits per heavy atom. The van der Waals surface area contributed by atoms with Gasteiger partial charge in [-0.05, 0) is 56.0 Å². The number of esters is 1. The van der Waals surface area contributed by atoms with Gasteiger partial charge < -0.3 is 10.1 Å². The molecule has 1 heterocycles. The van der Waals surface area contributed by atoms with Crippen LogP contribution < -0.4 is 5.32 Å². The van der Waals surface area contributed by atoms with E-state index in [1.54, 1.807) is 6.92 Å². The van der Waals surface area contributed by atoms with Gasteiger partial charge in [-0.25, -0.2) is 13.2 Å². The van der Waals surface area contributed by atoms with Crippen LogP contribution in [0.15, 0.2) is 29.2 Å². The van der Waals surface area contributed by atoms with Crippen LogP contribution in [0.2, 0.25) is 0 Å². The molecule has 1 aromatic heterocycles. The third kappa shape index (κ3) is 3.66. The number of fused-ring (bicyclic) bond motifs is 1. The molecule has 0 aliphatic heterocycles. The third-order valence-electron chi connectivity index (χ3n) is 4.17. The van der Waals surface area contributed by atoms with Gasteiger partial charge in [-0.2, -0.15) is 0 Å². The molecular formula is C18H19NO5S2. The highest BCUT2D eigenvalue weighted by molar-refractivity contribution is 7.90. The number of hydrogen-bond donors (Lipinski definition) is 1. The molecule has 1 aliphatic carbocycles. The van der Waals surface area contributed by atoms with Gasteiger partial charge in [0, 0.05) is 16.7 Å². The topological polar surface area (TPSA) is 89.5 Å². The molecule has 138 valence electrons. The van der Waals surface area contributed by atoms with Crippen LogP contribution in [-0.4, -0.2) is 33.2 Å². The summed E-state index contributed by atoms with van der Waals surface area (Å²) in [6.45, 7) is 2.01. The molecule has 3 rings (SSSR count). The zero-order valence-corrected chi connectivity index (χ0v) is 16.1. The maximum Gasteiger partial charge on any atom is 0.341 e. The zero-order chi connectivity index (χ0) is 18.9. The van der Waals surface area contributed by atoms with Gasteiger partial charge in [0.1, 0.15) is 5.00 Å². The maximum absolute atomic E-state index is 12.5. The molecule has 0 radical (unpaired) electrons. The average Bonchev–Trinajstić information content (AvgIpc) is 3.14. The predicted molar refractivity (Wildman–Crippen MR) is 99.8 cm³/mol. The Morgan fingerprint density at radius 1 is 1.19 bits per heavy atom. The summed E-state index contributed by atoms with van der Waals surface area (Å²) in [5.41, 5.74) is 1.74. The van der Waals surface area contributed by atoms with Gasteiger partial charge in [0.15, 0.2) is 9.84 Å². The number of benzene rings is 1. The molecule has 1 aliphatic rings. The monoisotopic (exact) mass is 393 g/mol. The molecule has 0 saturated carbocycles. The molecule has 0 bridgehead atoms. The summed E-state index contributed by atoms with van der Waals surface area (Å²) in [4.78, 5) is 26.1. The van der Waals surface area contributed by atoms with E-state index in [4.69, 9.17) is 4.74 Å². The molecule has 8 heteroatoms. The SMILES string of the molecule is CCOC(=O)c1c(NC(=O)c2ccc(S(C)(=O)=O)cc2)sc2c1CCC2. The quantitative estimate of drug-likeness (QED) is 0.789. The van der Waals surface area contributed by atoms with Gasteiger partial charge in [0.2, 0.25) is 0 Å². The van der Waals surface area contributed by atoms with Crippen LogP contribution in [0.25, 0.3) is 0 Å². The van der Waals surface area contributed by atoms with Crippen LogP contribution in [-0.2, 0) is 27.4 Å². The largest absolute Gasteiger partial charge is 0.462 e. The second-order valence-corrected chi connectivity index (χ2v) is 9.15. The van der Waals surface area contributed by atoms with Crippen molar-refractivity contribution >= 4 is 38.1 Å². The van der Waals surface area contributed by atoms with Crippen LogP contribution >= 0.6 is 11.3 Å². The summed E-state index contributed by atoms with van der Waals surface area (Å²) in [5, 5.41) is 3.27. The Hall–Kier alpha value is -2.19. The number of rotatable bonds is 5. The maximum atomic E-state index is 12.5. The minimum Gasteiger partial charge on any atom is -0.462 e. The van der Waals surface area contributed by atoms with Crippen LogP contribution in [0.5, 0.6) is 0 Å². The zero-order valence-electron chi connectivity index (χ0n) is 14.5. The van der Waals surface area contributed by atoms with Gasteiger partial charge in [-0.15, -0.1) is 11.3 Å². The van der Waals surface area contributed by atoms with Crippen LogP contribution in [0.4, 0.5) is 5.00 Å². The molecule has 0 spiro atoms. The summed E-state index contributed by atoms with van der Waals surface area (Å²) in [6.07, 6.45) is 3.81. The Bertz CT molecular complexity index is 958. The van der Waals surface area contributed by atoms with Crippen molar-refractivity contribution in [1.82, 2.24) is 0 Å². The van der Waals surface area contributed by atoms with Crippen LogP contribution in [0, 0.1) is 0 Å². The van der Waals surface area contributed by atoms with Gasteiger partial charge in [-0.1, -0.05) is 0 Å². The summed E-state index contributed by atoms with van der Waals surface area (Å²) in [6, 6.07) is 5.70. The fourth-order valence-electron chi connectivity index (χ4n) is 2.94. The molecule has 1 aromatic carbocycles. The molecule has 26 heavy (non-hydrogen) atoms. The smallest absolute Gasteiger partial charge is 0.341 e. The lowest BCUT2D eigenvalue weighted by Gasteiger charge is -2.08. The summed E-state index contributed by atoms with van der Waals surface area (Å²) >= 11 is 1.40. The van der Waals surface area contributed by atoms with Crippen molar-refractivity contribution in [3.63, 3.8) is 0 Å². The lowest BCUT2D eigenvalue weighted by Crippen LogP contribution is -2.15. The second-order valence-electron chi connectivity index (χ2n) is 6.03. The molecule has 0 fully saturated rings. The fraction of sp³-hybridized carbons (Fsp3) is 0.333. The number of amides is 1. The number of ether oxygens (including phenoxy) is 1. The number of aryl methyl sites for hydroxylation is 1. The lowest BCUT2D eigenvalue weighted by molar-refractivity contribution is 0.0527. The predicted octanol–water partition coefficient (Wildman–Crippen LogP) is 3.07. The summed E-state index contributed by atoms with van der Waals surface area (Å²) < 4.78 is 28.2. The number of nitrogens with one attached hydrogen (secondary N) is 1. The molecule has 1 amide bonds. The van der Waals surface area contributed by atoms with Crippen molar-refractivity contribution in [2.45, 2.75) is 31.1 Å². The Kier molecular flexibility index (Phi) is 5.15. The normalized spacial score (nSPS) is 13.3. The van der Waals surface area contributed by atoms with E-state index in [1.807, 2.05) is 0 Å². The van der Waals surface area contributed by atoms with E-state index < -0.39 is 21.7 Å². The number of carbonyl (C=O) groups is 2. The van der Waals surface area contributed by atoms with Crippen molar-refractivity contribution in [2.24, 2.45) is 0 Å². The van der Waals surface area contributed by atoms with Crippen LogP contribution in [0.3, 0.4) is 0 Å². The van der Waals surface area contributed by atoms with Crippen molar-refractivity contribution in [3.05, 3.63) is 45.8 Å². The Morgan fingerprint density at radius 2 is 1.88 bits per heavy atom.